The number of nitro benzene ring substituents is 1. The summed E-state index contributed by atoms with van der Waals surface area (Å²) in [4.78, 5) is 22.7. The number of halogens is 1. The molecule has 0 bridgehead atoms. The number of nitrogens with zero attached hydrogens (tertiary/aromatic N) is 2. The molecule has 2 aromatic rings. The first kappa shape index (κ1) is 15.5. The van der Waals surface area contributed by atoms with Gasteiger partial charge in [0.05, 0.1) is 28.7 Å². The summed E-state index contributed by atoms with van der Waals surface area (Å²) in [5, 5.41) is 21.8. The molecule has 0 unspecified atom stereocenters. The average Bonchev–Trinajstić information content (AvgIpc) is 2.67. The highest BCUT2D eigenvalue weighted by atomic mass is 35.5. The van der Waals surface area contributed by atoms with Gasteiger partial charge in [-0.15, -0.1) is 0 Å². The first-order valence-electron chi connectivity index (χ1n) is 6.94. The van der Waals surface area contributed by atoms with Crippen LogP contribution in [0.1, 0.15) is 18.0 Å². The van der Waals surface area contributed by atoms with Crippen molar-refractivity contribution in [3.05, 3.63) is 67.6 Å². The Morgan fingerprint density at radius 1 is 1.35 bits per heavy atom. The minimum Gasteiger partial charge on any atom is -0.493 e. The maximum absolute atomic E-state index is 12.2. The number of ether oxygens (including phenoxy) is 1. The molecule has 23 heavy (non-hydrogen) atoms. The van der Waals surface area contributed by atoms with Gasteiger partial charge in [0.15, 0.2) is 0 Å². The van der Waals surface area contributed by atoms with E-state index in [0.717, 1.165) is 0 Å². The number of rotatable bonds is 2. The summed E-state index contributed by atoms with van der Waals surface area (Å²) < 4.78 is 6.83. The zero-order valence-electron chi connectivity index (χ0n) is 11.9. The SMILES string of the molecule is O=c1ccc(Cl)cn1[C@H]1c2cc([N+](=O)[O-])ccc2OCC[C@@H]1O. The molecule has 1 aromatic heterocycles. The minimum absolute atomic E-state index is 0.137. The van der Waals surface area contributed by atoms with Gasteiger partial charge in [-0.05, 0) is 12.1 Å². The Hall–Kier alpha value is -2.38. The van der Waals surface area contributed by atoms with Crippen molar-refractivity contribution in [3.8, 4) is 5.75 Å². The van der Waals surface area contributed by atoms with Crippen molar-refractivity contribution in [1.82, 2.24) is 4.57 Å². The van der Waals surface area contributed by atoms with Crippen molar-refractivity contribution in [1.29, 1.82) is 0 Å². The molecule has 3 rings (SSSR count). The van der Waals surface area contributed by atoms with Crippen molar-refractivity contribution in [2.75, 3.05) is 6.61 Å². The van der Waals surface area contributed by atoms with Gasteiger partial charge in [-0.2, -0.15) is 0 Å². The first-order valence-corrected chi connectivity index (χ1v) is 7.32. The number of fused-ring (bicyclic) bond motifs is 1. The van der Waals surface area contributed by atoms with E-state index in [-0.39, 0.29) is 24.3 Å². The van der Waals surface area contributed by atoms with E-state index in [1.165, 1.54) is 41.1 Å². The van der Waals surface area contributed by atoms with Crippen molar-refractivity contribution in [3.63, 3.8) is 0 Å². The summed E-state index contributed by atoms with van der Waals surface area (Å²) >= 11 is 5.95. The Morgan fingerprint density at radius 3 is 2.87 bits per heavy atom. The van der Waals surface area contributed by atoms with E-state index in [1.54, 1.807) is 0 Å². The van der Waals surface area contributed by atoms with Gasteiger partial charge in [0.1, 0.15) is 5.75 Å². The van der Waals surface area contributed by atoms with Crippen LogP contribution in [0.15, 0.2) is 41.3 Å². The maximum Gasteiger partial charge on any atom is 0.270 e. The van der Waals surface area contributed by atoms with Crippen molar-refractivity contribution in [2.45, 2.75) is 18.6 Å². The predicted molar refractivity (Wildman–Crippen MR) is 83.1 cm³/mol. The van der Waals surface area contributed by atoms with E-state index < -0.39 is 17.1 Å². The highest BCUT2D eigenvalue weighted by Crippen LogP contribution is 2.36. The van der Waals surface area contributed by atoms with Gasteiger partial charge in [-0.25, -0.2) is 0 Å². The van der Waals surface area contributed by atoms with Crippen molar-refractivity contribution >= 4 is 17.3 Å². The van der Waals surface area contributed by atoms with Crippen LogP contribution in [0.5, 0.6) is 5.75 Å². The summed E-state index contributed by atoms with van der Waals surface area (Å²) in [6.07, 6.45) is 0.757. The molecule has 8 heteroatoms. The van der Waals surface area contributed by atoms with E-state index in [9.17, 15) is 20.0 Å². The Kier molecular flexibility index (Phi) is 4.06. The van der Waals surface area contributed by atoms with Gasteiger partial charge in [0, 0.05) is 36.4 Å². The normalized spacial score (nSPS) is 20.3. The second-order valence-corrected chi connectivity index (χ2v) is 5.66. The van der Waals surface area contributed by atoms with Gasteiger partial charge < -0.3 is 14.4 Å². The molecule has 0 saturated heterocycles. The molecule has 120 valence electrons. The summed E-state index contributed by atoms with van der Waals surface area (Å²) in [6.45, 7) is 0.248. The maximum atomic E-state index is 12.2. The molecule has 2 heterocycles. The fourth-order valence-electron chi connectivity index (χ4n) is 2.70. The Balaban J connectivity index is 2.23. The number of aromatic nitrogens is 1. The molecule has 1 aliphatic heterocycles. The quantitative estimate of drug-likeness (QED) is 0.669. The first-order chi connectivity index (χ1) is 11.0. The number of nitro groups is 1. The zero-order valence-corrected chi connectivity index (χ0v) is 12.6. The number of pyridine rings is 1. The molecular weight excluding hydrogens is 324 g/mol. The molecule has 0 amide bonds. The van der Waals surface area contributed by atoms with Gasteiger partial charge in [-0.1, -0.05) is 11.6 Å². The van der Waals surface area contributed by atoms with Crippen LogP contribution in [0.4, 0.5) is 5.69 Å². The lowest BCUT2D eigenvalue weighted by molar-refractivity contribution is -0.385. The Labute approximate surface area is 135 Å². The molecule has 7 nitrogen and oxygen atoms in total. The fourth-order valence-corrected chi connectivity index (χ4v) is 2.86. The largest absolute Gasteiger partial charge is 0.493 e. The molecule has 0 radical (unpaired) electrons. The van der Waals surface area contributed by atoms with Crippen LogP contribution < -0.4 is 10.3 Å². The lowest BCUT2D eigenvalue weighted by Crippen LogP contribution is -2.32. The highest BCUT2D eigenvalue weighted by Gasteiger charge is 2.31. The average molecular weight is 337 g/mol. The van der Waals surface area contributed by atoms with Gasteiger partial charge in [0.25, 0.3) is 11.2 Å². The van der Waals surface area contributed by atoms with E-state index in [2.05, 4.69) is 0 Å². The summed E-state index contributed by atoms with van der Waals surface area (Å²) in [5.74, 6) is 0.407. The number of hydrogen-bond acceptors (Lipinski definition) is 5. The van der Waals surface area contributed by atoms with Crippen molar-refractivity contribution in [2.24, 2.45) is 0 Å². The summed E-state index contributed by atoms with van der Waals surface area (Å²) in [7, 11) is 0. The second-order valence-electron chi connectivity index (χ2n) is 5.22. The van der Waals surface area contributed by atoms with Crippen LogP contribution in [0.2, 0.25) is 5.02 Å². The zero-order chi connectivity index (χ0) is 16.6. The van der Waals surface area contributed by atoms with E-state index in [0.29, 0.717) is 16.3 Å². The van der Waals surface area contributed by atoms with Crippen LogP contribution in [-0.2, 0) is 0 Å². The fraction of sp³-hybridized carbons (Fsp3) is 0.267. The molecule has 0 spiro atoms. The molecule has 0 saturated carbocycles. The van der Waals surface area contributed by atoms with Crippen molar-refractivity contribution < 1.29 is 14.8 Å². The van der Waals surface area contributed by atoms with E-state index in [4.69, 9.17) is 16.3 Å². The monoisotopic (exact) mass is 336 g/mol. The second kappa shape index (κ2) is 6.02. The standard InChI is InChI=1S/C15H13ClN2O5/c16-9-1-4-14(20)17(8-9)15-11-7-10(18(21)22)2-3-13(11)23-6-5-12(15)19/h1-4,7-8,12,15,19H,5-6H2/t12-,15-/m0/s1. The number of non-ortho nitro benzene ring substituents is 1. The minimum atomic E-state index is -0.936. The molecular formula is C15H13ClN2O5. The number of aliphatic hydroxyl groups is 1. The Morgan fingerprint density at radius 2 is 2.13 bits per heavy atom. The van der Waals surface area contributed by atoms with Crippen LogP contribution >= 0.6 is 11.6 Å². The van der Waals surface area contributed by atoms with Gasteiger partial charge in [0.2, 0.25) is 0 Å². The van der Waals surface area contributed by atoms with E-state index >= 15 is 0 Å². The third kappa shape index (κ3) is 2.93. The number of aliphatic hydroxyl groups excluding tert-OH is 1. The lowest BCUT2D eigenvalue weighted by atomic mass is 9.98. The smallest absolute Gasteiger partial charge is 0.270 e. The highest BCUT2D eigenvalue weighted by molar-refractivity contribution is 6.30. The molecule has 1 N–H and O–H groups in total. The lowest BCUT2D eigenvalue weighted by Gasteiger charge is -2.23. The predicted octanol–water partition coefficient (Wildman–Crippen LogP) is 2.14. The van der Waals surface area contributed by atoms with E-state index in [1.807, 2.05) is 0 Å². The molecule has 1 aromatic carbocycles. The summed E-state index contributed by atoms with van der Waals surface area (Å²) in [5.41, 5.74) is -0.118. The number of hydrogen-bond donors (Lipinski definition) is 1. The summed E-state index contributed by atoms with van der Waals surface area (Å²) in [6, 6.07) is 6.06. The van der Waals surface area contributed by atoms with Gasteiger partial charge >= 0.3 is 0 Å². The number of benzene rings is 1. The van der Waals surface area contributed by atoms with Crippen LogP contribution in [0.3, 0.4) is 0 Å². The molecule has 1 aliphatic rings. The third-order valence-electron chi connectivity index (χ3n) is 3.76. The molecule has 0 fully saturated rings. The van der Waals surface area contributed by atoms with Crippen LogP contribution in [-0.4, -0.2) is 27.3 Å². The van der Waals surface area contributed by atoms with Crippen LogP contribution in [0.25, 0.3) is 0 Å². The van der Waals surface area contributed by atoms with Crippen LogP contribution in [0, 0.1) is 10.1 Å². The topological polar surface area (TPSA) is 94.6 Å². The third-order valence-corrected chi connectivity index (χ3v) is 3.98. The molecule has 2 atom stereocenters. The molecule has 0 aliphatic carbocycles. The van der Waals surface area contributed by atoms with Gasteiger partial charge in [-0.3, -0.25) is 14.9 Å². The Bertz CT molecular complexity index is 820.